The van der Waals surface area contributed by atoms with E-state index >= 15 is 0 Å². The van der Waals surface area contributed by atoms with Crippen molar-refractivity contribution in [3.63, 3.8) is 0 Å². The topological polar surface area (TPSA) is 121 Å². The molecule has 220 valence electrons. The summed E-state index contributed by atoms with van der Waals surface area (Å²) < 4.78 is 5.79. The minimum atomic E-state index is -1.16. The van der Waals surface area contributed by atoms with E-state index in [4.69, 9.17) is 10.5 Å². The zero-order valence-electron chi connectivity index (χ0n) is 24.6. The number of hydrogen-bond donors (Lipinski definition) is 3. The third kappa shape index (κ3) is 7.54. The summed E-state index contributed by atoms with van der Waals surface area (Å²) in [5.74, 6) is -0.932. The molecular formula is C32H43N5O4. The number of hydrogen-bond acceptors (Lipinski definition) is 6. The first-order valence-corrected chi connectivity index (χ1v) is 14.3. The van der Waals surface area contributed by atoms with Crippen LogP contribution in [0.3, 0.4) is 0 Å². The van der Waals surface area contributed by atoms with Crippen molar-refractivity contribution in [3.8, 4) is 0 Å². The van der Waals surface area contributed by atoms with E-state index in [-0.39, 0.29) is 25.0 Å². The monoisotopic (exact) mass is 561 g/mol. The standard InChI is InChI=1S/C32H43N5O4/c1-31(2,33)29(39)35-27(19-24-21-34-26-14-9-8-13-25(24)26)28(38)37-16-10-15-32(22-37,20-23-11-6-5-7-12-23)30(40)41-18-17-36(3)4/h5-9,11-14,21,27,34H,10,15-20,22,33H2,1-4H3,(H,35,39)/t27-,32+/m1/s1. The lowest BCUT2D eigenvalue weighted by Gasteiger charge is -2.42. The SMILES string of the molecule is CN(C)CCOC(=O)[C@]1(Cc2ccccc2)CCCN(C(=O)[C@@H](Cc2c[nH]c3ccccc23)NC(=O)C(C)(C)N)C1. The Kier molecular flexibility index (Phi) is 9.50. The maximum absolute atomic E-state index is 14.2. The number of esters is 1. The summed E-state index contributed by atoms with van der Waals surface area (Å²) in [5, 5.41) is 3.91. The number of nitrogens with two attached hydrogens (primary N) is 1. The molecule has 1 saturated heterocycles. The molecule has 1 fully saturated rings. The summed E-state index contributed by atoms with van der Waals surface area (Å²) >= 11 is 0. The molecule has 0 aliphatic carbocycles. The van der Waals surface area contributed by atoms with Crippen molar-refractivity contribution in [2.45, 2.75) is 51.1 Å². The van der Waals surface area contributed by atoms with Gasteiger partial charge in [0, 0.05) is 43.2 Å². The smallest absolute Gasteiger partial charge is 0.314 e. The number of nitrogens with zero attached hydrogens (tertiary/aromatic N) is 2. The fourth-order valence-corrected chi connectivity index (χ4v) is 5.45. The minimum Gasteiger partial charge on any atom is -0.464 e. The van der Waals surface area contributed by atoms with Crippen LogP contribution >= 0.6 is 0 Å². The van der Waals surface area contributed by atoms with Gasteiger partial charge in [-0.1, -0.05) is 48.5 Å². The van der Waals surface area contributed by atoms with Gasteiger partial charge in [0.15, 0.2) is 0 Å². The van der Waals surface area contributed by atoms with Gasteiger partial charge in [-0.05, 0) is 64.4 Å². The number of nitrogens with one attached hydrogen (secondary N) is 2. The number of likely N-dealkylation sites (tertiary alicyclic amines) is 1. The molecule has 1 aliphatic heterocycles. The number of para-hydroxylation sites is 1. The lowest BCUT2D eigenvalue weighted by atomic mass is 9.75. The van der Waals surface area contributed by atoms with Gasteiger partial charge in [-0.25, -0.2) is 0 Å². The van der Waals surface area contributed by atoms with Crippen LogP contribution in [-0.2, 0) is 32.0 Å². The van der Waals surface area contributed by atoms with Crippen LogP contribution < -0.4 is 11.1 Å². The van der Waals surface area contributed by atoms with Crippen LogP contribution in [0.4, 0.5) is 0 Å². The van der Waals surface area contributed by atoms with Crippen LogP contribution in [0, 0.1) is 5.41 Å². The number of aromatic nitrogens is 1. The molecule has 9 heteroatoms. The number of fused-ring (bicyclic) bond motifs is 1. The van der Waals surface area contributed by atoms with E-state index in [1.54, 1.807) is 18.7 Å². The lowest BCUT2D eigenvalue weighted by molar-refractivity contribution is -0.162. The second-order valence-corrected chi connectivity index (χ2v) is 12.1. The van der Waals surface area contributed by atoms with Gasteiger partial charge in [0.2, 0.25) is 11.8 Å². The Labute approximate surface area is 242 Å². The van der Waals surface area contributed by atoms with E-state index in [9.17, 15) is 14.4 Å². The number of rotatable bonds is 11. The number of H-pyrrole nitrogens is 1. The predicted molar refractivity (Wildman–Crippen MR) is 160 cm³/mol. The third-order valence-corrected chi connectivity index (χ3v) is 7.77. The highest BCUT2D eigenvalue weighted by atomic mass is 16.5. The van der Waals surface area contributed by atoms with Crippen molar-refractivity contribution in [1.82, 2.24) is 20.1 Å². The van der Waals surface area contributed by atoms with Crippen molar-refractivity contribution in [3.05, 3.63) is 71.9 Å². The average Bonchev–Trinajstić information content (AvgIpc) is 3.35. The van der Waals surface area contributed by atoms with Gasteiger partial charge < -0.3 is 30.6 Å². The van der Waals surface area contributed by atoms with E-state index in [2.05, 4.69) is 10.3 Å². The zero-order chi connectivity index (χ0) is 29.6. The molecule has 2 amide bonds. The Hall–Kier alpha value is -3.69. The maximum atomic E-state index is 14.2. The fourth-order valence-electron chi connectivity index (χ4n) is 5.45. The number of aromatic amines is 1. The summed E-state index contributed by atoms with van der Waals surface area (Å²) in [4.78, 5) is 47.8. The molecule has 0 unspecified atom stereocenters. The van der Waals surface area contributed by atoms with Gasteiger partial charge in [-0.3, -0.25) is 14.4 Å². The molecule has 9 nitrogen and oxygen atoms in total. The lowest BCUT2D eigenvalue weighted by Crippen LogP contribution is -2.60. The summed E-state index contributed by atoms with van der Waals surface area (Å²) in [5.41, 5.74) is 6.95. The Morgan fingerprint density at radius 3 is 2.54 bits per heavy atom. The normalized spacial score (nSPS) is 18.3. The van der Waals surface area contributed by atoms with E-state index in [1.807, 2.05) is 79.8 Å². The van der Waals surface area contributed by atoms with Gasteiger partial charge in [-0.2, -0.15) is 0 Å². The number of carbonyl (C=O) groups is 3. The van der Waals surface area contributed by atoms with Crippen LogP contribution in [0.1, 0.15) is 37.8 Å². The molecule has 1 aromatic heterocycles. The van der Waals surface area contributed by atoms with Crippen molar-refractivity contribution in [1.29, 1.82) is 0 Å². The molecule has 41 heavy (non-hydrogen) atoms. The summed E-state index contributed by atoms with van der Waals surface area (Å²) in [6, 6.07) is 16.9. The van der Waals surface area contributed by atoms with E-state index in [0.717, 1.165) is 22.0 Å². The molecule has 0 radical (unpaired) electrons. The van der Waals surface area contributed by atoms with Gasteiger partial charge >= 0.3 is 5.97 Å². The number of benzene rings is 2. The largest absolute Gasteiger partial charge is 0.464 e. The molecule has 0 bridgehead atoms. The molecule has 2 atom stereocenters. The molecule has 3 aromatic rings. The summed E-state index contributed by atoms with van der Waals surface area (Å²) in [6.45, 7) is 4.83. The average molecular weight is 562 g/mol. The van der Waals surface area contributed by atoms with Crippen LogP contribution in [0.2, 0.25) is 0 Å². The number of amides is 2. The number of piperidine rings is 1. The van der Waals surface area contributed by atoms with E-state index in [0.29, 0.717) is 38.8 Å². The quantitative estimate of drug-likeness (QED) is 0.310. The molecule has 2 aromatic carbocycles. The van der Waals surface area contributed by atoms with Gasteiger partial charge in [-0.15, -0.1) is 0 Å². The number of carbonyl (C=O) groups excluding carboxylic acids is 3. The predicted octanol–water partition coefficient (Wildman–Crippen LogP) is 2.89. The molecule has 4 N–H and O–H groups in total. The highest BCUT2D eigenvalue weighted by molar-refractivity contribution is 5.93. The van der Waals surface area contributed by atoms with Crippen LogP contribution in [0.15, 0.2) is 60.8 Å². The van der Waals surface area contributed by atoms with Crippen LogP contribution in [-0.4, -0.2) is 84.5 Å². The van der Waals surface area contributed by atoms with Crippen molar-refractivity contribution >= 4 is 28.7 Å². The first kappa shape index (κ1) is 30.3. The molecule has 1 aliphatic rings. The fraction of sp³-hybridized carbons (Fsp3) is 0.469. The summed E-state index contributed by atoms with van der Waals surface area (Å²) in [6.07, 6.45) is 3.90. The highest BCUT2D eigenvalue weighted by Crippen LogP contribution is 2.36. The molecule has 2 heterocycles. The van der Waals surface area contributed by atoms with Gasteiger partial charge in [0.25, 0.3) is 0 Å². The van der Waals surface area contributed by atoms with Crippen molar-refractivity contribution in [2.24, 2.45) is 11.1 Å². The Morgan fingerprint density at radius 2 is 1.83 bits per heavy atom. The third-order valence-electron chi connectivity index (χ3n) is 7.77. The molecule has 0 saturated carbocycles. The second-order valence-electron chi connectivity index (χ2n) is 12.1. The van der Waals surface area contributed by atoms with Crippen LogP contribution in [0.5, 0.6) is 0 Å². The first-order chi connectivity index (χ1) is 19.5. The minimum absolute atomic E-state index is 0.216. The maximum Gasteiger partial charge on any atom is 0.314 e. The Balaban J connectivity index is 1.61. The van der Waals surface area contributed by atoms with Crippen LogP contribution in [0.25, 0.3) is 10.9 Å². The van der Waals surface area contributed by atoms with E-state index in [1.165, 1.54) is 0 Å². The highest BCUT2D eigenvalue weighted by Gasteiger charge is 2.46. The van der Waals surface area contributed by atoms with Gasteiger partial charge in [0.1, 0.15) is 12.6 Å². The Bertz CT molecular complexity index is 1350. The summed E-state index contributed by atoms with van der Waals surface area (Å²) in [7, 11) is 3.86. The molecule has 4 rings (SSSR count). The molecule has 0 spiro atoms. The number of ether oxygens (including phenoxy) is 1. The van der Waals surface area contributed by atoms with Crippen molar-refractivity contribution in [2.75, 3.05) is 40.3 Å². The van der Waals surface area contributed by atoms with E-state index < -0.39 is 22.9 Å². The van der Waals surface area contributed by atoms with Gasteiger partial charge in [0.05, 0.1) is 11.0 Å². The zero-order valence-corrected chi connectivity index (χ0v) is 24.6. The second kappa shape index (κ2) is 12.9. The number of likely N-dealkylation sites (N-methyl/N-ethyl adjacent to an activating group) is 1. The Morgan fingerprint density at radius 1 is 1.12 bits per heavy atom. The molecular weight excluding hydrogens is 518 g/mol. The van der Waals surface area contributed by atoms with Crippen molar-refractivity contribution < 1.29 is 19.1 Å². The first-order valence-electron chi connectivity index (χ1n) is 14.3.